The Morgan fingerprint density at radius 1 is 1.38 bits per heavy atom. The predicted octanol–water partition coefficient (Wildman–Crippen LogP) is 1.51. The Balaban J connectivity index is 2.21. The van der Waals surface area contributed by atoms with Crippen molar-refractivity contribution in [2.75, 3.05) is 6.54 Å². The lowest BCUT2D eigenvalue weighted by Crippen LogP contribution is -2.47. The Kier molecular flexibility index (Phi) is 4.11. The number of rotatable bonds is 6. The first-order valence-corrected chi connectivity index (χ1v) is 8.06. The van der Waals surface area contributed by atoms with Crippen molar-refractivity contribution in [2.24, 2.45) is 7.05 Å². The second kappa shape index (κ2) is 5.29. The molecular weight excluding hydrogens is 307 g/mol. The molecule has 5 nitrogen and oxygen atoms in total. The summed E-state index contributed by atoms with van der Waals surface area (Å²) in [6.45, 7) is 3.07. The molecule has 1 aromatic heterocycles. The van der Waals surface area contributed by atoms with Gasteiger partial charge in [0.15, 0.2) is 0 Å². The smallest absolute Gasteiger partial charge is 0.352 e. The molecule has 120 valence electrons. The fourth-order valence-corrected chi connectivity index (χ4v) is 3.58. The first kappa shape index (κ1) is 16.3. The van der Waals surface area contributed by atoms with Crippen LogP contribution in [0.25, 0.3) is 0 Å². The zero-order valence-corrected chi connectivity index (χ0v) is 12.6. The summed E-state index contributed by atoms with van der Waals surface area (Å²) in [6.07, 6.45) is -3.68. The van der Waals surface area contributed by atoms with Crippen LogP contribution in [0.15, 0.2) is 17.2 Å². The SMILES string of the molecule is CCNCc1cc(S(=O)(=O)NC2(C(F)(F)F)CC2)cn1C. The van der Waals surface area contributed by atoms with Gasteiger partial charge in [0, 0.05) is 25.5 Å². The number of nitrogens with one attached hydrogen (secondary N) is 2. The highest BCUT2D eigenvalue weighted by atomic mass is 32.2. The van der Waals surface area contributed by atoms with E-state index in [1.54, 1.807) is 11.6 Å². The molecule has 0 radical (unpaired) electrons. The van der Waals surface area contributed by atoms with Crippen LogP contribution in [0.5, 0.6) is 0 Å². The third kappa shape index (κ3) is 3.24. The van der Waals surface area contributed by atoms with Crippen LogP contribution in [0.2, 0.25) is 0 Å². The molecule has 1 aliphatic carbocycles. The molecule has 1 fully saturated rings. The van der Waals surface area contributed by atoms with Gasteiger partial charge in [-0.3, -0.25) is 0 Å². The normalized spacial score (nSPS) is 18.0. The number of halogens is 3. The summed E-state index contributed by atoms with van der Waals surface area (Å²) in [6, 6.07) is 1.39. The van der Waals surface area contributed by atoms with E-state index in [1.807, 2.05) is 11.6 Å². The zero-order valence-electron chi connectivity index (χ0n) is 11.8. The molecular formula is C12H18F3N3O2S. The third-order valence-electron chi connectivity index (χ3n) is 3.57. The van der Waals surface area contributed by atoms with E-state index in [0.29, 0.717) is 18.8 Å². The van der Waals surface area contributed by atoms with Crippen molar-refractivity contribution in [2.45, 2.75) is 42.9 Å². The van der Waals surface area contributed by atoms with Crippen molar-refractivity contribution in [3.63, 3.8) is 0 Å². The average Bonchev–Trinajstić information content (AvgIpc) is 3.03. The summed E-state index contributed by atoms with van der Waals surface area (Å²) >= 11 is 0. The molecule has 21 heavy (non-hydrogen) atoms. The molecule has 0 unspecified atom stereocenters. The maximum absolute atomic E-state index is 12.9. The lowest BCUT2D eigenvalue weighted by molar-refractivity contribution is -0.160. The van der Waals surface area contributed by atoms with Gasteiger partial charge in [0.1, 0.15) is 5.54 Å². The van der Waals surface area contributed by atoms with Gasteiger partial charge in [-0.2, -0.15) is 17.9 Å². The highest BCUT2D eigenvalue weighted by Crippen LogP contribution is 2.49. The summed E-state index contributed by atoms with van der Waals surface area (Å²) in [7, 11) is -2.53. The minimum atomic E-state index is -4.57. The van der Waals surface area contributed by atoms with Gasteiger partial charge in [0.2, 0.25) is 10.0 Å². The molecule has 1 saturated carbocycles. The summed E-state index contributed by atoms with van der Waals surface area (Å²) in [5.41, 5.74) is -1.60. The van der Waals surface area contributed by atoms with Gasteiger partial charge >= 0.3 is 6.18 Å². The standard InChI is InChI=1S/C12H18F3N3O2S/c1-3-16-7-9-6-10(8-18(9)2)21(19,20)17-11(4-5-11)12(13,14)15/h6,8,16-17H,3-5,7H2,1-2H3. The van der Waals surface area contributed by atoms with Crippen LogP contribution < -0.4 is 10.0 Å². The van der Waals surface area contributed by atoms with Gasteiger partial charge in [-0.25, -0.2) is 8.42 Å². The molecule has 1 aliphatic rings. The van der Waals surface area contributed by atoms with Gasteiger partial charge < -0.3 is 9.88 Å². The van der Waals surface area contributed by atoms with E-state index in [2.05, 4.69) is 5.32 Å². The zero-order chi connectivity index (χ0) is 15.9. The molecule has 2 N–H and O–H groups in total. The molecule has 0 spiro atoms. The maximum Gasteiger partial charge on any atom is 0.407 e. The summed E-state index contributed by atoms with van der Waals surface area (Å²) in [5.74, 6) is 0. The molecule has 1 aromatic rings. The molecule has 0 bridgehead atoms. The number of hydrogen-bond donors (Lipinski definition) is 2. The van der Waals surface area contributed by atoms with Crippen molar-refractivity contribution in [3.8, 4) is 0 Å². The fourth-order valence-electron chi connectivity index (χ4n) is 2.04. The highest BCUT2D eigenvalue weighted by Gasteiger charge is 2.65. The first-order valence-electron chi connectivity index (χ1n) is 6.58. The topological polar surface area (TPSA) is 63.1 Å². The number of alkyl halides is 3. The summed E-state index contributed by atoms with van der Waals surface area (Å²) in [4.78, 5) is -0.145. The summed E-state index contributed by atoms with van der Waals surface area (Å²) in [5, 5.41) is 3.04. The van der Waals surface area contributed by atoms with Crippen LogP contribution in [0.1, 0.15) is 25.5 Å². The van der Waals surface area contributed by atoms with Crippen LogP contribution in [0.4, 0.5) is 13.2 Å². The second-order valence-corrected chi connectivity index (χ2v) is 6.93. The minimum absolute atomic E-state index is 0.145. The molecule has 0 atom stereocenters. The Hall–Kier alpha value is -1.06. The van der Waals surface area contributed by atoms with E-state index >= 15 is 0 Å². The Labute approximate surface area is 121 Å². The van der Waals surface area contributed by atoms with Crippen molar-refractivity contribution < 1.29 is 21.6 Å². The second-order valence-electron chi connectivity index (χ2n) is 5.24. The van der Waals surface area contributed by atoms with E-state index in [-0.39, 0.29) is 17.7 Å². The maximum atomic E-state index is 12.9. The average molecular weight is 325 g/mol. The van der Waals surface area contributed by atoms with E-state index in [4.69, 9.17) is 0 Å². The van der Waals surface area contributed by atoms with E-state index < -0.39 is 21.7 Å². The molecule has 9 heteroatoms. The molecule has 0 aliphatic heterocycles. The van der Waals surface area contributed by atoms with Crippen molar-refractivity contribution in [1.29, 1.82) is 0 Å². The monoisotopic (exact) mass is 325 g/mol. The third-order valence-corrected chi connectivity index (χ3v) is 5.07. The van der Waals surface area contributed by atoms with Gasteiger partial charge in [0.25, 0.3) is 0 Å². The number of sulfonamides is 1. The molecule has 0 amide bonds. The largest absolute Gasteiger partial charge is 0.407 e. The van der Waals surface area contributed by atoms with Gasteiger partial charge in [-0.05, 0) is 25.5 Å². The van der Waals surface area contributed by atoms with Crippen LogP contribution in [0.3, 0.4) is 0 Å². The number of nitrogens with zero attached hydrogens (tertiary/aromatic N) is 1. The van der Waals surface area contributed by atoms with Crippen LogP contribution in [-0.2, 0) is 23.6 Å². The number of aryl methyl sites for hydroxylation is 1. The summed E-state index contributed by atoms with van der Waals surface area (Å²) < 4.78 is 66.2. The molecule has 0 saturated heterocycles. The lowest BCUT2D eigenvalue weighted by atomic mass is 10.3. The van der Waals surface area contributed by atoms with Gasteiger partial charge in [0.05, 0.1) is 4.90 Å². The highest BCUT2D eigenvalue weighted by molar-refractivity contribution is 7.89. The Bertz CT molecular complexity index is 618. The lowest BCUT2D eigenvalue weighted by Gasteiger charge is -2.20. The van der Waals surface area contributed by atoms with E-state index in [0.717, 1.165) is 0 Å². The molecule has 1 heterocycles. The van der Waals surface area contributed by atoms with Crippen molar-refractivity contribution in [3.05, 3.63) is 18.0 Å². The fraction of sp³-hybridized carbons (Fsp3) is 0.667. The van der Waals surface area contributed by atoms with Gasteiger partial charge in [-0.1, -0.05) is 6.92 Å². The van der Waals surface area contributed by atoms with Crippen molar-refractivity contribution >= 4 is 10.0 Å². The van der Waals surface area contributed by atoms with Crippen molar-refractivity contribution in [1.82, 2.24) is 14.6 Å². The quantitative estimate of drug-likeness (QED) is 0.833. The molecule has 2 rings (SSSR count). The number of aromatic nitrogens is 1. The van der Waals surface area contributed by atoms with Crippen LogP contribution in [-0.4, -0.2) is 31.2 Å². The van der Waals surface area contributed by atoms with Gasteiger partial charge in [-0.15, -0.1) is 0 Å². The van der Waals surface area contributed by atoms with Crippen LogP contribution >= 0.6 is 0 Å². The number of hydrogen-bond acceptors (Lipinski definition) is 3. The molecule has 0 aromatic carbocycles. The van der Waals surface area contributed by atoms with Crippen LogP contribution in [0, 0.1) is 0 Å². The Morgan fingerprint density at radius 3 is 2.48 bits per heavy atom. The predicted molar refractivity (Wildman–Crippen MR) is 71.1 cm³/mol. The van der Waals surface area contributed by atoms with E-state index in [9.17, 15) is 21.6 Å². The minimum Gasteiger partial charge on any atom is -0.352 e. The Morgan fingerprint density at radius 2 is 2.00 bits per heavy atom. The first-order chi connectivity index (χ1) is 9.61. The van der Waals surface area contributed by atoms with E-state index in [1.165, 1.54) is 12.3 Å².